The highest BCUT2D eigenvalue weighted by Gasteiger charge is 2.20. The molecule has 1 unspecified atom stereocenters. The molecule has 0 saturated carbocycles. The Balaban J connectivity index is 2.26. The first-order valence-corrected chi connectivity index (χ1v) is 5.82. The number of amides is 1. The van der Waals surface area contributed by atoms with Crippen LogP contribution >= 0.6 is 0 Å². The summed E-state index contributed by atoms with van der Waals surface area (Å²) in [5.41, 5.74) is 5.54. The zero-order valence-corrected chi connectivity index (χ0v) is 9.61. The van der Waals surface area contributed by atoms with Crippen molar-refractivity contribution in [2.75, 3.05) is 32.7 Å². The molecule has 5 heteroatoms. The smallest absolute Gasteiger partial charge is 0.235 e. The highest BCUT2D eigenvalue weighted by molar-refractivity contribution is 5.78. The van der Waals surface area contributed by atoms with E-state index in [1.54, 1.807) is 0 Å². The number of nitrogens with zero attached hydrogens (tertiary/aromatic N) is 2. The van der Waals surface area contributed by atoms with Gasteiger partial charge in [0.15, 0.2) is 0 Å². The second-order valence-electron chi connectivity index (χ2n) is 4.26. The van der Waals surface area contributed by atoms with E-state index in [0.717, 1.165) is 32.5 Å². The predicted octanol–water partition coefficient (Wildman–Crippen LogP) is -0.313. The number of nitrogens with one attached hydrogen (secondary N) is 1. The van der Waals surface area contributed by atoms with Gasteiger partial charge in [-0.15, -0.1) is 0 Å². The third-order valence-electron chi connectivity index (χ3n) is 2.91. The Hall–Kier alpha value is -1.12. The molecular weight excluding hydrogens is 204 g/mol. The van der Waals surface area contributed by atoms with E-state index >= 15 is 0 Å². The molecule has 0 aromatic rings. The number of hydrogen-bond donors (Lipinski definition) is 2. The molecule has 1 atom stereocenters. The lowest BCUT2D eigenvalue weighted by molar-refractivity contribution is -0.122. The van der Waals surface area contributed by atoms with Crippen molar-refractivity contribution in [2.45, 2.75) is 19.3 Å². The third kappa shape index (κ3) is 4.60. The summed E-state index contributed by atoms with van der Waals surface area (Å²) in [6.07, 6.45) is 3.39. The lowest BCUT2D eigenvalue weighted by Gasteiger charge is -2.31. The molecule has 0 aromatic carbocycles. The highest BCUT2D eigenvalue weighted by atomic mass is 16.2. The summed E-state index contributed by atoms with van der Waals surface area (Å²) in [7, 11) is 0. The van der Waals surface area contributed by atoms with Crippen molar-refractivity contribution >= 4 is 5.91 Å². The Morgan fingerprint density at radius 2 is 2.44 bits per heavy atom. The maximum Gasteiger partial charge on any atom is 0.235 e. The van der Waals surface area contributed by atoms with E-state index in [4.69, 9.17) is 11.0 Å². The van der Waals surface area contributed by atoms with Crippen molar-refractivity contribution in [3.05, 3.63) is 0 Å². The number of carbonyl (C=O) groups excluding carboxylic acids is 1. The van der Waals surface area contributed by atoms with E-state index in [1.807, 2.05) is 6.07 Å². The van der Waals surface area contributed by atoms with Crippen LogP contribution in [0.3, 0.4) is 0 Å². The van der Waals surface area contributed by atoms with E-state index in [2.05, 4.69) is 10.2 Å². The fourth-order valence-electron chi connectivity index (χ4n) is 2.16. The van der Waals surface area contributed by atoms with Crippen molar-refractivity contribution in [2.24, 2.45) is 11.7 Å². The van der Waals surface area contributed by atoms with Gasteiger partial charge >= 0.3 is 0 Å². The number of hydrogen-bond acceptors (Lipinski definition) is 4. The van der Waals surface area contributed by atoms with Crippen molar-refractivity contribution in [1.82, 2.24) is 10.2 Å². The molecule has 1 aliphatic heterocycles. The van der Waals surface area contributed by atoms with Gasteiger partial charge in [-0.05, 0) is 38.3 Å². The van der Waals surface area contributed by atoms with Gasteiger partial charge in [0.2, 0.25) is 5.91 Å². The van der Waals surface area contributed by atoms with Gasteiger partial charge in [-0.3, -0.25) is 9.69 Å². The Morgan fingerprint density at radius 1 is 1.62 bits per heavy atom. The van der Waals surface area contributed by atoms with Crippen LogP contribution in [0.1, 0.15) is 19.3 Å². The van der Waals surface area contributed by atoms with Crippen LogP contribution < -0.4 is 11.1 Å². The molecule has 5 nitrogen and oxygen atoms in total. The monoisotopic (exact) mass is 224 g/mol. The number of nitriles is 1. The molecule has 0 radical (unpaired) electrons. The van der Waals surface area contributed by atoms with Crippen LogP contribution in [-0.4, -0.2) is 43.5 Å². The number of nitrogens with two attached hydrogens (primary N) is 1. The largest absolute Gasteiger partial charge is 0.342 e. The molecule has 1 aliphatic rings. The van der Waals surface area contributed by atoms with Gasteiger partial charge in [-0.1, -0.05) is 0 Å². The molecule has 0 spiro atoms. The minimum absolute atomic E-state index is 0.0602. The van der Waals surface area contributed by atoms with Crippen LogP contribution in [-0.2, 0) is 4.79 Å². The maximum atomic E-state index is 11.4. The van der Waals surface area contributed by atoms with E-state index in [0.29, 0.717) is 12.5 Å². The molecule has 1 saturated heterocycles. The van der Waals surface area contributed by atoms with Crippen LogP contribution in [0.5, 0.6) is 0 Å². The Labute approximate surface area is 96.6 Å². The van der Waals surface area contributed by atoms with Crippen LogP contribution in [0.15, 0.2) is 0 Å². The SMILES string of the molecule is N#CCNC(=O)CN1CCCC(CCN)C1. The Morgan fingerprint density at radius 3 is 3.12 bits per heavy atom. The van der Waals surface area contributed by atoms with Gasteiger partial charge in [-0.25, -0.2) is 0 Å². The average Bonchev–Trinajstić information content (AvgIpc) is 2.27. The summed E-state index contributed by atoms with van der Waals surface area (Å²) in [6, 6.07) is 1.90. The summed E-state index contributed by atoms with van der Waals surface area (Å²) in [5, 5.41) is 10.9. The van der Waals surface area contributed by atoms with Gasteiger partial charge in [0.25, 0.3) is 0 Å². The lowest BCUT2D eigenvalue weighted by Crippen LogP contribution is -2.42. The highest BCUT2D eigenvalue weighted by Crippen LogP contribution is 2.18. The van der Waals surface area contributed by atoms with Crippen molar-refractivity contribution < 1.29 is 4.79 Å². The molecule has 90 valence electrons. The van der Waals surface area contributed by atoms with Gasteiger partial charge in [0, 0.05) is 6.54 Å². The molecule has 3 N–H and O–H groups in total. The summed E-state index contributed by atoms with van der Waals surface area (Å²) in [6.45, 7) is 3.15. The molecule has 1 heterocycles. The second-order valence-corrected chi connectivity index (χ2v) is 4.26. The first-order chi connectivity index (χ1) is 7.76. The summed E-state index contributed by atoms with van der Waals surface area (Å²) >= 11 is 0. The lowest BCUT2D eigenvalue weighted by atomic mass is 9.95. The standard InChI is InChI=1S/C11H20N4O/c12-4-3-10-2-1-7-15(8-10)9-11(16)14-6-5-13/h10H,1-4,6-9,12H2,(H,14,16). The van der Waals surface area contributed by atoms with E-state index in [1.165, 1.54) is 6.42 Å². The normalized spacial score (nSPS) is 21.4. The van der Waals surface area contributed by atoms with Crippen LogP contribution in [0.2, 0.25) is 0 Å². The molecule has 0 bridgehead atoms. The molecule has 1 rings (SSSR count). The fraction of sp³-hybridized carbons (Fsp3) is 0.818. The molecule has 16 heavy (non-hydrogen) atoms. The number of rotatable bonds is 5. The average molecular weight is 224 g/mol. The van der Waals surface area contributed by atoms with Crippen molar-refractivity contribution in [3.63, 3.8) is 0 Å². The minimum atomic E-state index is -0.0602. The fourth-order valence-corrected chi connectivity index (χ4v) is 2.16. The van der Waals surface area contributed by atoms with Crippen molar-refractivity contribution in [1.29, 1.82) is 5.26 Å². The number of piperidine rings is 1. The number of carbonyl (C=O) groups is 1. The number of likely N-dealkylation sites (tertiary alicyclic amines) is 1. The molecular formula is C11H20N4O. The van der Waals surface area contributed by atoms with Crippen LogP contribution in [0.25, 0.3) is 0 Å². The van der Waals surface area contributed by atoms with E-state index in [9.17, 15) is 4.79 Å². The summed E-state index contributed by atoms with van der Waals surface area (Å²) < 4.78 is 0. The van der Waals surface area contributed by atoms with Gasteiger partial charge in [0.05, 0.1) is 12.6 Å². The second kappa shape index (κ2) is 7.20. The third-order valence-corrected chi connectivity index (χ3v) is 2.91. The minimum Gasteiger partial charge on any atom is -0.342 e. The Kier molecular flexibility index (Phi) is 5.83. The molecule has 0 aliphatic carbocycles. The van der Waals surface area contributed by atoms with Gasteiger partial charge < -0.3 is 11.1 Å². The predicted molar refractivity (Wildman–Crippen MR) is 61.5 cm³/mol. The van der Waals surface area contributed by atoms with Crippen LogP contribution in [0, 0.1) is 17.2 Å². The first-order valence-electron chi connectivity index (χ1n) is 5.82. The first kappa shape index (κ1) is 12.9. The van der Waals surface area contributed by atoms with Gasteiger partial charge in [-0.2, -0.15) is 5.26 Å². The summed E-state index contributed by atoms with van der Waals surface area (Å²) in [4.78, 5) is 13.6. The maximum absolute atomic E-state index is 11.4. The van der Waals surface area contributed by atoms with Crippen LogP contribution in [0.4, 0.5) is 0 Å². The topological polar surface area (TPSA) is 82.2 Å². The van der Waals surface area contributed by atoms with Gasteiger partial charge in [0.1, 0.15) is 6.54 Å². The molecule has 0 aromatic heterocycles. The summed E-state index contributed by atoms with van der Waals surface area (Å²) in [5.74, 6) is 0.567. The quantitative estimate of drug-likeness (QED) is 0.627. The van der Waals surface area contributed by atoms with E-state index in [-0.39, 0.29) is 12.5 Å². The van der Waals surface area contributed by atoms with E-state index < -0.39 is 0 Å². The molecule has 1 fully saturated rings. The zero-order chi connectivity index (χ0) is 11.8. The Bertz CT molecular complexity index is 259. The van der Waals surface area contributed by atoms with Crippen molar-refractivity contribution in [3.8, 4) is 6.07 Å². The molecule has 1 amide bonds. The zero-order valence-electron chi connectivity index (χ0n) is 9.61.